The molecule has 0 aliphatic carbocycles. The summed E-state index contributed by atoms with van der Waals surface area (Å²) in [7, 11) is 0. The summed E-state index contributed by atoms with van der Waals surface area (Å²) in [5.41, 5.74) is 0.867. The van der Waals surface area contributed by atoms with E-state index in [9.17, 15) is 8.78 Å². The average Bonchev–Trinajstić information content (AvgIpc) is 3.55. The van der Waals surface area contributed by atoms with Gasteiger partial charge >= 0.3 is 0 Å². The van der Waals surface area contributed by atoms with Crippen molar-refractivity contribution in [2.75, 3.05) is 31.6 Å². The minimum atomic E-state index is -0.722. The number of nitrogens with one attached hydrogen (secondary N) is 1. The molecule has 9 nitrogen and oxygen atoms in total. The Morgan fingerprint density at radius 2 is 1.69 bits per heavy atom. The van der Waals surface area contributed by atoms with Gasteiger partial charge in [-0.2, -0.15) is 19.7 Å². The van der Waals surface area contributed by atoms with Gasteiger partial charge in [-0.1, -0.05) is 6.07 Å². The van der Waals surface area contributed by atoms with Gasteiger partial charge in [0.15, 0.2) is 11.5 Å². The lowest BCUT2D eigenvalue weighted by Gasteiger charge is -2.39. The molecular weight excluding hydrogens is 454 g/mol. The van der Waals surface area contributed by atoms with E-state index in [1.807, 2.05) is 10.9 Å². The van der Waals surface area contributed by atoms with Crippen molar-refractivity contribution in [1.82, 2.24) is 34.3 Å². The number of benzene rings is 1. The molecular formula is C24H26F2N8O. The molecule has 0 saturated carbocycles. The van der Waals surface area contributed by atoms with E-state index in [1.165, 1.54) is 22.7 Å². The molecule has 11 heteroatoms. The summed E-state index contributed by atoms with van der Waals surface area (Å²) in [4.78, 5) is 11.3. The number of halogens is 2. The van der Waals surface area contributed by atoms with Gasteiger partial charge in [-0.25, -0.2) is 13.8 Å². The van der Waals surface area contributed by atoms with Crippen LogP contribution in [-0.4, -0.2) is 66.6 Å². The maximum atomic E-state index is 14.4. The number of piperidine rings is 1. The third-order valence-corrected chi connectivity index (χ3v) is 6.88. The first kappa shape index (κ1) is 22.1. The second-order valence-corrected chi connectivity index (χ2v) is 9.01. The quantitative estimate of drug-likeness (QED) is 0.465. The SMILES string of the molecule is Fc1cccc(F)c1-c1nc(Nc2cnn(C3CCN(C4CCOCC4)CC3)c2)n2nccc2n1. The number of aromatic nitrogens is 6. The smallest absolute Gasteiger partial charge is 0.232 e. The highest BCUT2D eigenvalue weighted by molar-refractivity contribution is 5.63. The van der Waals surface area contributed by atoms with Crippen LogP contribution in [-0.2, 0) is 4.74 Å². The van der Waals surface area contributed by atoms with E-state index >= 15 is 0 Å². The van der Waals surface area contributed by atoms with Gasteiger partial charge in [0.05, 0.1) is 29.7 Å². The van der Waals surface area contributed by atoms with E-state index in [0.29, 0.717) is 29.4 Å². The van der Waals surface area contributed by atoms with E-state index in [-0.39, 0.29) is 11.4 Å². The second kappa shape index (κ2) is 9.31. The molecule has 2 aliphatic rings. The van der Waals surface area contributed by atoms with Gasteiger partial charge in [-0.3, -0.25) is 4.68 Å². The van der Waals surface area contributed by atoms with Crippen LogP contribution in [0.4, 0.5) is 20.4 Å². The van der Waals surface area contributed by atoms with Gasteiger partial charge < -0.3 is 15.0 Å². The largest absolute Gasteiger partial charge is 0.381 e. The fraction of sp³-hybridized carbons (Fsp3) is 0.417. The van der Waals surface area contributed by atoms with Crippen LogP contribution in [0.15, 0.2) is 42.9 Å². The van der Waals surface area contributed by atoms with Crippen LogP contribution in [0.3, 0.4) is 0 Å². The van der Waals surface area contributed by atoms with Crippen LogP contribution in [0.5, 0.6) is 0 Å². The molecule has 1 aromatic carbocycles. The molecule has 5 heterocycles. The molecule has 35 heavy (non-hydrogen) atoms. The predicted octanol–water partition coefficient (Wildman–Crippen LogP) is 3.83. The van der Waals surface area contributed by atoms with Gasteiger partial charge in [-0.05, 0) is 37.8 Å². The molecule has 3 aromatic heterocycles. The third-order valence-electron chi connectivity index (χ3n) is 6.88. The van der Waals surface area contributed by atoms with E-state index < -0.39 is 11.6 Å². The molecule has 6 rings (SSSR count). The molecule has 0 unspecified atom stereocenters. The molecule has 2 fully saturated rings. The first-order valence-corrected chi connectivity index (χ1v) is 11.9. The zero-order valence-corrected chi connectivity index (χ0v) is 19.1. The molecule has 0 atom stereocenters. The van der Waals surface area contributed by atoms with Crippen molar-refractivity contribution in [3.8, 4) is 11.4 Å². The molecule has 1 N–H and O–H groups in total. The third kappa shape index (κ3) is 4.37. The Bertz CT molecular complexity index is 1300. The number of rotatable bonds is 5. The summed E-state index contributed by atoms with van der Waals surface area (Å²) in [6.07, 6.45) is 9.52. The number of anilines is 2. The summed E-state index contributed by atoms with van der Waals surface area (Å²) in [5, 5.41) is 12.0. The van der Waals surface area contributed by atoms with E-state index in [2.05, 4.69) is 30.4 Å². The molecule has 2 saturated heterocycles. The van der Waals surface area contributed by atoms with Crippen molar-refractivity contribution >= 4 is 17.3 Å². The summed E-state index contributed by atoms with van der Waals surface area (Å²) in [5.74, 6) is -1.20. The standard InChI is InChI=1S/C24H26F2N8O/c25-19-2-1-3-20(26)22(19)23-30-21-4-9-27-34(21)24(31-23)29-16-14-28-33(15-16)18-5-10-32(11-6-18)17-7-12-35-13-8-17/h1-4,9,14-15,17-18H,5-8,10-13H2,(H,29,30,31). The van der Waals surface area contributed by atoms with E-state index in [1.54, 1.807) is 18.5 Å². The minimum Gasteiger partial charge on any atom is -0.381 e. The molecule has 0 bridgehead atoms. The maximum absolute atomic E-state index is 14.4. The second-order valence-electron chi connectivity index (χ2n) is 9.01. The van der Waals surface area contributed by atoms with Crippen molar-refractivity contribution in [1.29, 1.82) is 0 Å². The van der Waals surface area contributed by atoms with Crippen molar-refractivity contribution in [3.63, 3.8) is 0 Å². The molecule has 0 radical (unpaired) electrons. The Balaban J connectivity index is 1.20. The van der Waals surface area contributed by atoms with E-state index in [0.717, 1.165) is 52.0 Å². The highest BCUT2D eigenvalue weighted by Gasteiger charge is 2.27. The molecule has 0 amide bonds. The average molecular weight is 481 g/mol. The van der Waals surface area contributed by atoms with Crippen LogP contribution in [0.2, 0.25) is 0 Å². The van der Waals surface area contributed by atoms with Crippen LogP contribution >= 0.6 is 0 Å². The molecule has 2 aliphatic heterocycles. The summed E-state index contributed by atoms with van der Waals surface area (Å²) in [6, 6.07) is 6.29. The normalized spacial score (nSPS) is 18.3. The van der Waals surface area contributed by atoms with E-state index in [4.69, 9.17) is 4.74 Å². The van der Waals surface area contributed by atoms with Gasteiger partial charge in [0.1, 0.15) is 11.6 Å². The van der Waals surface area contributed by atoms with Gasteiger partial charge in [-0.15, -0.1) is 0 Å². The number of nitrogens with zero attached hydrogens (tertiary/aromatic N) is 7. The Labute approximate surface area is 200 Å². The number of hydrogen-bond acceptors (Lipinski definition) is 7. The zero-order chi connectivity index (χ0) is 23.8. The van der Waals surface area contributed by atoms with Crippen LogP contribution in [0.1, 0.15) is 31.7 Å². The number of fused-ring (bicyclic) bond motifs is 1. The van der Waals surface area contributed by atoms with Crippen LogP contribution in [0.25, 0.3) is 17.0 Å². The van der Waals surface area contributed by atoms with Gasteiger partial charge in [0.2, 0.25) is 5.95 Å². The Morgan fingerprint density at radius 1 is 0.914 bits per heavy atom. The van der Waals surface area contributed by atoms with Crippen LogP contribution in [0, 0.1) is 11.6 Å². The lowest BCUT2D eigenvalue weighted by atomic mass is 10.00. The van der Waals surface area contributed by atoms with Gasteiger partial charge in [0, 0.05) is 44.6 Å². The molecule has 4 aromatic rings. The topological polar surface area (TPSA) is 85.4 Å². The molecule has 182 valence electrons. The Kier molecular flexibility index (Phi) is 5.86. The first-order valence-electron chi connectivity index (χ1n) is 11.9. The number of likely N-dealkylation sites (tertiary alicyclic amines) is 1. The maximum Gasteiger partial charge on any atom is 0.232 e. The summed E-state index contributed by atoms with van der Waals surface area (Å²) in [6.45, 7) is 3.82. The number of hydrogen-bond donors (Lipinski definition) is 1. The van der Waals surface area contributed by atoms with Crippen molar-refractivity contribution in [3.05, 3.63) is 54.5 Å². The summed E-state index contributed by atoms with van der Waals surface area (Å²) < 4.78 is 37.8. The lowest BCUT2D eigenvalue weighted by molar-refractivity contribution is 0.0212. The number of ether oxygens (including phenoxy) is 1. The highest BCUT2D eigenvalue weighted by atomic mass is 19.1. The lowest BCUT2D eigenvalue weighted by Crippen LogP contribution is -2.44. The fourth-order valence-corrected chi connectivity index (χ4v) is 5.03. The van der Waals surface area contributed by atoms with Crippen molar-refractivity contribution in [2.45, 2.75) is 37.8 Å². The monoisotopic (exact) mass is 480 g/mol. The molecule has 0 spiro atoms. The fourth-order valence-electron chi connectivity index (χ4n) is 5.03. The Hall–Kier alpha value is -3.44. The predicted molar refractivity (Wildman–Crippen MR) is 125 cm³/mol. The van der Waals surface area contributed by atoms with Crippen LogP contribution < -0.4 is 5.32 Å². The summed E-state index contributed by atoms with van der Waals surface area (Å²) >= 11 is 0. The zero-order valence-electron chi connectivity index (χ0n) is 19.1. The first-order chi connectivity index (χ1) is 17.2. The highest BCUT2D eigenvalue weighted by Crippen LogP contribution is 2.28. The Morgan fingerprint density at radius 3 is 2.46 bits per heavy atom. The van der Waals surface area contributed by atoms with Gasteiger partial charge in [0.25, 0.3) is 0 Å². The van der Waals surface area contributed by atoms with Crippen molar-refractivity contribution in [2.24, 2.45) is 0 Å². The van der Waals surface area contributed by atoms with Crippen molar-refractivity contribution < 1.29 is 13.5 Å². The minimum absolute atomic E-state index is 0.0519.